The van der Waals surface area contributed by atoms with Crippen LogP contribution in [0.15, 0.2) is 46.3 Å². The van der Waals surface area contributed by atoms with E-state index in [0.29, 0.717) is 59.9 Å². The number of aromatic nitrogens is 3. The number of thiazole rings is 1. The van der Waals surface area contributed by atoms with E-state index in [-0.39, 0.29) is 11.1 Å². The Morgan fingerprint density at radius 3 is 2.33 bits per heavy atom. The highest BCUT2D eigenvalue weighted by molar-refractivity contribution is 7.20. The Morgan fingerprint density at radius 2 is 1.72 bits per heavy atom. The van der Waals surface area contributed by atoms with Crippen molar-refractivity contribution in [1.82, 2.24) is 20.2 Å². The first-order chi connectivity index (χ1) is 18.9. The van der Waals surface area contributed by atoms with Crippen molar-refractivity contribution >= 4 is 33.2 Å². The maximum Gasteiger partial charge on any atom is 0.282 e. The minimum Gasteiger partial charge on any atom is -0.490 e. The Bertz CT molecular complexity index is 1490. The molecule has 2 aromatic carbocycles. The minimum atomic E-state index is -0.474. The van der Waals surface area contributed by atoms with E-state index in [1.807, 2.05) is 52.0 Å². The fourth-order valence-corrected chi connectivity index (χ4v) is 5.08. The molecule has 4 rings (SSSR count). The molecule has 0 atom stereocenters. The zero-order valence-electron chi connectivity index (χ0n) is 22.8. The van der Waals surface area contributed by atoms with Gasteiger partial charge in [0, 0.05) is 11.3 Å². The molecule has 0 unspecified atom stereocenters. The number of ether oxygens (including phenoxy) is 3. The number of fused-ring (bicyclic) bond motifs is 1. The van der Waals surface area contributed by atoms with Crippen molar-refractivity contribution in [3.8, 4) is 22.4 Å². The van der Waals surface area contributed by atoms with E-state index in [1.165, 1.54) is 16.0 Å². The van der Waals surface area contributed by atoms with Crippen molar-refractivity contribution in [3.63, 3.8) is 0 Å². The molecule has 1 amide bonds. The summed E-state index contributed by atoms with van der Waals surface area (Å²) in [6.45, 7) is 10.5. The molecule has 0 aliphatic rings. The second-order valence-electron chi connectivity index (χ2n) is 8.56. The number of amides is 1. The zero-order chi connectivity index (χ0) is 27.9. The molecule has 0 fully saturated rings. The number of nitrogens with one attached hydrogen (secondary N) is 2. The van der Waals surface area contributed by atoms with Crippen molar-refractivity contribution in [1.29, 1.82) is 0 Å². The number of benzene rings is 2. The average molecular weight is 552 g/mol. The summed E-state index contributed by atoms with van der Waals surface area (Å²) in [5.74, 6) is 0.791. The van der Waals surface area contributed by atoms with E-state index in [0.717, 1.165) is 22.3 Å². The quantitative estimate of drug-likeness (QED) is 0.187. The lowest BCUT2D eigenvalue weighted by Crippen LogP contribution is -2.23. The molecule has 39 heavy (non-hydrogen) atoms. The van der Waals surface area contributed by atoms with E-state index < -0.39 is 5.91 Å². The Kier molecular flexibility index (Phi) is 9.03. The molecule has 0 saturated carbocycles. The van der Waals surface area contributed by atoms with Crippen molar-refractivity contribution in [3.05, 3.63) is 63.6 Å². The third-order valence-corrected chi connectivity index (χ3v) is 6.82. The number of H-pyrrole nitrogens is 1. The number of aromatic amines is 1. The van der Waals surface area contributed by atoms with Gasteiger partial charge in [-0.1, -0.05) is 36.8 Å². The number of aryl methyl sites for hydroxylation is 1. The van der Waals surface area contributed by atoms with Crippen LogP contribution in [0.3, 0.4) is 0 Å². The van der Waals surface area contributed by atoms with Crippen molar-refractivity contribution in [2.24, 2.45) is 5.10 Å². The number of carbonyl (C=O) groups is 1. The van der Waals surface area contributed by atoms with E-state index in [4.69, 9.17) is 14.2 Å². The van der Waals surface area contributed by atoms with E-state index in [9.17, 15) is 9.59 Å². The lowest BCUT2D eigenvalue weighted by atomic mass is 10.1. The first-order valence-electron chi connectivity index (χ1n) is 13.0. The summed E-state index contributed by atoms with van der Waals surface area (Å²) in [5.41, 5.74) is 4.94. The van der Waals surface area contributed by atoms with E-state index in [2.05, 4.69) is 20.6 Å². The number of carbonyl (C=O) groups excluding carboxylic acids is 1. The van der Waals surface area contributed by atoms with Gasteiger partial charge in [0.2, 0.25) is 10.9 Å². The number of para-hydroxylation sites is 1. The predicted octanol–water partition coefficient (Wildman–Crippen LogP) is 5.08. The van der Waals surface area contributed by atoms with Gasteiger partial charge in [-0.25, -0.2) is 10.4 Å². The molecule has 206 valence electrons. The first-order valence-corrected chi connectivity index (χ1v) is 13.8. The van der Waals surface area contributed by atoms with Gasteiger partial charge in [-0.15, -0.1) is 0 Å². The normalized spacial score (nSPS) is 11.6. The fraction of sp³-hybridized carbons (Fsp3) is 0.357. The van der Waals surface area contributed by atoms with Gasteiger partial charge in [0.15, 0.2) is 11.5 Å². The van der Waals surface area contributed by atoms with Crippen LogP contribution in [-0.2, 0) is 6.42 Å². The number of hydrogen-bond acceptors (Lipinski definition) is 8. The number of hydrazone groups is 1. The molecule has 2 heterocycles. The Balaban J connectivity index is 1.66. The largest absolute Gasteiger partial charge is 0.490 e. The third kappa shape index (κ3) is 5.98. The van der Waals surface area contributed by atoms with E-state index in [1.54, 1.807) is 19.1 Å². The Hall–Kier alpha value is -4.12. The second-order valence-corrected chi connectivity index (χ2v) is 9.57. The third-order valence-electron chi connectivity index (χ3n) is 5.80. The topological polar surface area (TPSA) is 120 Å². The molecule has 0 spiro atoms. The molecule has 0 saturated heterocycles. The molecular weight excluding hydrogens is 518 g/mol. The summed E-state index contributed by atoms with van der Waals surface area (Å²) < 4.78 is 19.6. The predicted molar refractivity (Wildman–Crippen MR) is 153 cm³/mol. The summed E-state index contributed by atoms with van der Waals surface area (Å²) in [5, 5.41) is 8.03. The van der Waals surface area contributed by atoms with Crippen molar-refractivity contribution in [2.45, 2.75) is 47.5 Å². The van der Waals surface area contributed by atoms with Gasteiger partial charge < -0.3 is 14.2 Å². The molecule has 4 aromatic rings. The van der Waals surface area contributed by atoms with Crippen molar-refractivity contribution in [2.75, 3.05) is 19.8 Å². The lowest BCUT2D eigenvalue weighted by Gasteiger charge is -2.16. The van der Waals surface area contributed by atoms with Gasteiger partial charge in [-0.05, 0) is 58.4 Å². The number of nitrogens with zero attached hydrogens (tertiary/aromatic N) is 3. The zero-order valence-corrected chi connectivity index (χ0v) is 23.6. The Labute approximate surface area is 230 Å². The molecule has 2 aromatic heterocycles. The summed E-state index contributed by atoms with van der Waals surface area (Å²) in [4.78, 5) is 31.2. The van der Waals surface area contributed by atoms with E-state index >= 15 is 0 Å². The molecule has 2 N–H and O–H groups in total. The van der Waals surface area contributed by atoms with Crippen LogP contribution in [0, 0.1) is 0 Å². The van der Waals surface area contributed by atoms with Gasteiger partial charge in [-0.2, -0.15) is 9.78 Å². The summed E-state index contributed by atoms with van der Waals surface area (Å²) >= 11 is 1.42. The molecule has 11 heteroatoms. The molecule has 0 aliphatic carbocycles. The monoisotopic (exact) mass is 551 g/mol. The van der Waals surface area contributed by atoms with Gasteiger partial charge >= 0.3 is 0 Å². The van der Waals surface area contributed by atoms with Crippen LogP contribution in [0.5, 0.6) is 17.2 Å². The molecule has 10 nitrogen and oxygen atoms in total. The summed E-state index contributed by atoms with van der Waals surface area (Å²) in [7, 11) is 0. The fourth-order valence-electron chi connectivity index (χ4n) is 4.15. The van der Waals surface area contributed by atoms with Crippen LogP contribution in [0.25, 0.3) is 15.3 Å². The number of rotatable bonds is 12. The first kappa shape index (κ1) is 27.9. The smallest absolute Gasteiger partial charge is 0.282 e. The van der Waals surface area contributed by atoms with Gasteiger partial charge in [-0.3, -0.25) is 14.7 Å². The minimum absolute atomic E-state index is 0.272. The lowest BCUT2D eigenvalue weighted by molar-refractivity contribution is 0.0953. The molecular formula is C28H33N5O5S. The standard InChI is InChI=1S/C28H33N5O5S/c1-6-12-20-24(27(35)33(32-20)28-29-19-13-10-11-14-23(19)39-28)17(5)30-31-26(34)18-15-21(36-7-2)25(38-9-4)22(16-18)37-8-3/h10-11,13-16,32H,6-9,12H2,1-5H3,(H,31,34). The summed E-state index contributed by atoms with van der Waals surface area (Å²) in [6.07, 6.45) is 1.45. The van der Waals surface area contributed by atoms with Gasteiger partial charge in [0.1, 0.15) is 0 Å². The summed E-state index contributed by atoms with van der Waals surface area (Å²) in [6, 6.07) is 10.9. The second kappa shape index (κ2) is 12.6. The molecule has 0 radical (unpaired) electrons. The van der Waals surface area contributed by atoms with Gasteiger partial charge in [0.25, 0.3) is 11.5 Å². The highest BCUT2D eigenvalue weighted by Crippen LogP contribution is 2.39. The maximum atomic E-state index is 13.5. The van der Waals surface area contributed by atoms with Crippen LogP contribution in [0.2, 0.25) is 0 Å². The highest BCUT2D eigenvalue weighted by Gasteiger charge is 2.21. The number of hydrogen-bond donors (Lipinski definition) is 2. The van der Waals surface area contributed by atoms with Crippen LogP contribution in [-0.4, -0.2) is 46.2 Å². The van der Waals surface area contributed by atoms with Crippen LogP contribution in [0.4, 0.5) is 0 Å². The Morgan fingerprint density at radius 1 is 1.05 bits per heavy atom. The molecule has 0 bridgehead atoms. The SMILES string of the molecule is CCCc1[nH]n(-c2nc3ccccc3s2)c(=O)c1C(C)=NNC(=O)c1cc(OCC)c(OCC)c(OCC)c1. The highest BCUT2D eigenvalue weighted by atomic mass is 32.1. The van der Waals surface area contributed by atoms with Crippen LogP contribution in [0.1, 0.15) is 62.7 Å². The van der Waals surface area contributed by atoms with Crippen LogP contribution >= 0.6 is 11.3 Å². The van der Waals surface area contributed by atoms with Crippen LogP contribution < -0.4 is 25.2 Å². The molecule has 0 aliphatic heterocycles. The van der Waals surface area contributed by atoms with Gasteiger partial charge in [0.05, 0.1) is 41.3 Å². The average Bonchev–Trinajstić information content (AvgIpc) is 3.50. The van der Waals surface area contributed by atoms with Crippen molar-refractivity contribution < 1.29 is 19.0 Å². The maximum absolute atomic E-state index is 13.5.